The van der Waals surface area contributed by atoms with E-state index >= 15 is 0 Å². The molecule has 22 heavy (non-hydrogen) atoms. The van der Waals surface area contributed by atoms with E-state index in [4.69, 9.17) is 15.2 Å². The number of hydrogen-bond acceptors (Lipinski definition) is 5. The van der Waals surface area contributed by atoms with Gasteiger partial charge in [0.15, 0.2) is 11.5 Å². The molecule has 8 nitrogen and oxygen atoms in total. The van der Waals surface area contributed by atoms with Gasteiger partial charge in [0.25, 0.3) is 5.91 Å². The molecule has 0 aromatic heterocycles. The summed E-state index contributed by atoms with van der Waals surface area (Å²) in [7, 11) is 0. The standard InChI is InChI=1S/C14H15N3O5/c1-14(8-2-3-9-10(6-8)22-7-21-9)12(19)17(13(20)16-14)5-4-11(15)18/h2-3,6H,4-5,7H2,1H3,(H2,15,18)(H,16,20)/t14-/m0/s1. The van der Waals surface area contributed by atoms with Gasteiger partial charge in [-0.25, -0.2) is 4.79 Å². The molecule has 0 radical (unpaired) electrons. The number of rotatable bonds is 4. The summed E-state index contributed by atoms with van der Waals surface area (Å²) in [5.41, 5.74) is 4.43. The predicted octanol–water partition coefficient (Wildman–Crippen LogP) is 0.0577. The molecule has 1 aromatic rings. The Balaban J connectivity index is 1.88. The first-order valence-corrected chi connectivity index (χ1v) is 6.74. The van der Waals surface area contributed by atoms with Crippen LogP contribution in [0.25, 0.3) is 0 Å². The van der Waals surface area contributed by atoms with Crippen LogP contribution in [0.4, 0.5) is 4.79 Å². The van der Waals surface area contributed by atoms with Gasteiger partial charge in [0, 0.05) is 13.0 Å². The van der Waals surface area contributed by atoms with Gasteiger partial charge in [-0.1, -0.05) is 6.07 Å². The normalized spacial score (nSPS) is 22.9. The number of carbonyl (C=O) groups excluding carboxylic acids is 3. The molecule has 3 N–H and O–H groups in total. The first-order valence-electron chi connectivity index (χ1n) is 6.74. The molecule has 2 aliphatic heterocycles. The molecule has 2 aliphatic rings. The number of amides is 4. The number of imide groups is 1. The van der Waals surface area contributed by atoms with Gasteiger partial charge in [-0.15, -0.1) is 0 Å². The maximum absolute atomic E-state index is 12.6. The fourth-order valence-electron chi connectivity index (χ4n) is 2.53. The third kappa shape index (κ3) is 2.12. The summed E-state index contributed by atoms with van der Waals surface area (Å²) in [4.78, 5) is 36.4. The number of nitrogens with zero attached hydrogens (tertiary/aromatic N) is 1. The van der Waals surface area contributed by atoms with Gasteiger partial charge in [0.1, 0.15) is 5.54 Å². The smallest absolute Gasteiger partial charge is 0.325 e. The summed E-state index contributed by atoms with van der Waals surface area (Å²) in [5, 5.41) is 2.65. The lowest BCUT2D eigenvalue weighted by Crippen LogP contribution is -2.41. The molecule has 1 aromatic carbocycles. The highest BCUT2D eigenvalue weighted by molar-refractivity contribution is 6.07. The SMILES string of the molecule is C[C@@]1(c2ccc3c(c2)OCO3)NC(=O)N(CCC(N)=O)C1=O. The second-order valence-electron chi connectivity index (χ2n) is 5.30. The van der Waals surface area contributed by atoms with Crippen molar-refractivity contribution in [3.05, 3.63) is 23.8 Å². The van der Waals surface area contributed by atoms with Crippen molar-refractivity contribution < 1.29 is 23.9 Å². The van der Waals surface area contributed by atoms with Crippen LogP contribution in [0.3, 0.4) is 0 Å². The van der Waals surface area contributed by atoms with Gasteiger partial charge in [-0.2, -0.15) is 0 Å². The van der Waals surface area contributed by atoms with Crippen molar-refractivity contribution >= 4 is 17.8 Å². The summed E-state index contributed by atoms with van der Waals surface area (Å²) >= 11 is 0. The zero-order valence-corrected chi connectivity index (χ0v) is 11.9. The van der Waals surface area contributed by atoms with E-state index in [9.17, 15) is 14.4 Å². The number of nitrogens with one attached hydrogen (secondary N) is 1. The average Bonchev–Trinajstić information content (AvgIpc) is 3.01. The molecule has 4 amide bonds. The highest BCUT2D eigenvalue weighted by atomic mass is 16.7. The molecule has 2 heterocycles. The molecule has 0 bridgehead atoms. The number of primary amides is 1. The number of carbonyl (C=O) groups is 3. The maximum atomic E-state index is 12.6. The minimum atomic E-state index is -1.21. The molecule has 0 spiro atoms. The zero-order valence-electron chi connectivity index (χ0n) is 11.9. The van der Waals surface area contributed by atoms with E-state index in [-0.39, 0.29) is 19.8 Å². The zero-order chi connectivity index (χ0) is 15.9. The van der Waals surface area contributed by atoms with Crippen LogP contribution < -0.4 is 20.5 Å². The second-order valence-corrected chi connectivity index (χ2v) is 5.30. The van der Waals surface area contributed by atoms with E-state index < -0.39 is 23.4 Å². The molecule has 8 heteroatoms. The summed E-state index contributed by atoms with van der Waals surface area (Å²) in [6, 6.07) is 4.50. The van der Waals surface area contributed by atoms with Crippen molar-refractivity contribution in [2.75, 3.05) is 13.3 Å². The predicted molar refractivity (Wildman–Crippen MR) is 74.0 cm³/mol. The van der Waals surface area contributed by atoms with Crippen LogP contribution in [0.15, 0.2) is 18.2 Å². The lowest BCUT2D eigenvalue weighted by molar-refractivity contribution is -0.131. The van der Waals surface area contributed by atoms with Crippen molar-refractivity contribution in [2.45, 2.75) is 18.9 Å². The Bertz CT molecular complexity index is 674. The van der Waals surface area contributed by atoms with Gasteiger partial charge in [0.05, 0.1) is 0 Å². The van der Waals surface area contributed by atoms with E-state index in [0.717, 1.165) is 4.90 Å². The lowest BCUT2D eigenvalue weighted by Gasteiger charge is -2.22. The number of benzene rings is 1. The number of urea groups is 1. The highest BCUT2D eigenvalue weighted by Gasteiger charge is 2.49. The molecule has 116 valence electrons. The first-order chi connectivity index (χ1) is 10.4. The monoisotopic (exact) mass is 305 g/mol. The van der Waals surface area contributed by atoms with Crippen molar-refractivity contribution in [1.82, 2.24) is 10.2 Å². The Morgan fingerprint density at radius 1 is 1.36 bits per heavy atom. The quantitative estimate of drug-likeness (QED) is 0.764. The summed E-state index contributed by atoms with van der Waals surface area (Å²) < 4.78 is 10.5. The van der Waals surface area contributed by atoms with E-state index in [1.54, 1.807) is 25.1 Å². The van der Waals surface area contributed by atoms with Crippen molar-refractivity contribution in [3.8, 4) is 11.5 Å². The molecular weight excluding hydrogens is 290 g/mol. The second kappa shape index (κ2) is 4.90. The van der Waals surface area contributed by atoms with Crippen LogP contribution in [-0.4, -0.2) is 36.1 Å². The molecule has 3 rings (SSSR count). The fourth-order valence-corrected chi connectivity index (χ4v) is 2.53. The third-order valence-corrected chi connectivity index (χ3v) is 3.81. The Morgan fingerprint density at radius 2 is 2.09 bits per heavy atom. The van der Waals surface area contributed by atoms with Crippen LogP contribution in [0.2, 0.25) is 0 Å². The van der Waals surface area contributed by atoms with Crippen molar-refractivity contribution in [3.63, 3.8) is 0 Å². The topological polar surface area (TPSA) is 111 Å². The number of ether oxygens (including phenoxy) is 2. The van der Waals surface area contributed by atoms with Crippen LogP contribution >= 0.6 is 0 Å². The van der Waals surface area contributed by atoms with E-state index in [1.165, 1.54) is 0 Å². The molecule has 0 saturated carbocycles. The maximum Gasteiger partial charge on any atom is 0.325 e. The Labute approximate surface area is 126 Å². The minimum absolute atomic E-state index is 0.0415. The van der Waals surface area contributed by atoms with E-state index in [1.807, 2.05) is 0 Å². The largest absolute Gasteiger partial charge is 0.454 e. The highest BCUT2D eigenvalue weighted by Crippen LogP contribution is 2.37. The Morgan fingerprint density at radius 3 is 2.82 bits per heavy atom. The lowest BCUT2D eigenvalue weighted by atomic mass is 9.91. The van der Waals surface area contributed by atoms with Gasteiger partial charge in [-0.3, -0.25) is 14.5 Å². The summed E-state index contributed by atoms with van der Waals surface area (Å²) in [6.45, 7) is 1.69. The van der Waals surface area contributed by atoms with E-state index in [2.05, 4.69) is 5.32 Å². The molecular formula is C14H15N3O5. The van der Waals surface area contributed by atoms with Crippen LogP contribution in [0.1, 0.15) is 18.9 Å². The van der Waals surface area contributed by atoms with Crippen LogP contribution in [0.5, 0.6) is 11.5 Å². The van der Waals surface area contributed by atoms with Crippen LogP contribution in [-0.2, 0) is 15.1 Å². The molecule has 1 atom stereocenters. The van der Waals surface area contributed by atoms with Crippen molar-refractivity contribution in [1.29, 1.82) is 0 Å². The molecule has 0 unspecified atom stereocenters. The Hall–Kier alpha value is -2.77. The molecule has 1 saturated heterocycles. The summed E-state index contributed by atoms with van der Waals surface area (Å²) in [5.74, 6) is 0.112. The third-order valence-electron chi connectivity index (χ3n) is 3.81. The minimum Gasteiger partial charge on any atom is -0.454 e. The van der Waals surface area contributed by atoms with Crippen LogP contribution in [0, 0.1) is 0 Å². The van der Waals surface area contributed by atoms with Gasteiger partial charge in [-0.05, 0) is 24.6 Å². The van der Waals surface area contributed by atoms with Gasteiger partial charge >= 0.3 is 6.03 Å². The average molecular weight is 305 g/mol. The first kappa shape index (κ1) is 14.2. The molecule has 0 aliphatic carbocycles. The summed E-state index contributed by atoms with van der Waals surface area (Å²) in [6.07, 6.45) is -0.0730. The number of hydrogen-bond donors (Lipinski definition) is 2. The molecule has 1 fully saturated rings. The number of fused-ring (bicyclic) bond motifs is 1. The van der Waals surface area contributed by atoms with Gasteiger partial charge in [0.2, 0.25) is 12.7 Å². The van der Waals surface area contributed by atoms with E-state index in [0.29, 0.717) is 17.1 Å². The van der Waals surface area contributed by atoms with Crippen molar-refractivity contribution in [2.24, 2.45) is 5.73 Å². The van der Waals surface area contributed by atoms with Gasteiger partial charge < -0.3 is 20.5 Å². The number of nitrogens with two attached hydrogens (primary N) is 1. The Kier molecular flexibility index (Phi) is 3.16. The fraction of sp³-hybridized carbons (Fsp3) is 0.357.